The lowest BCUT2D eigenvalue weighted by molar-refractivity contribution is -0.139. The molecule has 0 fully saturated rings. The number of nitrogens with one attached hydrogen (secondary N) is 2. The molecule has 0 heterocycles. The van der Waals surface area contributed by atoms with Crippen molar-refractivity contribution in [3.05, 3.63) is 89.2 Å². The normalized spacial score (nSPS) is 12.9. The Bertz CT molecular complexity index is 1210. The summed E-state index contributed by atoms with van der Waals surface area (Å²) in [7, 11) is 0. The number of amides is 2. The summed E-state index contributed by atoms with van der Waals surface area (Å²) in [6.45, 7) is 1.64. The fourth-order valence-corrected chi connectivity index (χ4v) is 4.12. The van der Waals surface area contributed by atoms with Crippen molar-refractivity contribution < 1.29 is 28.6 Å². The van der Waals surface area contributed by atoms with Crippen LogP contribution in [0.1, 0.15) is 40.7 Å². The molecule has 0 radical (unpaired) electrons. The van der Waals surface area contributed by atoms with Gasteiger partial charge in [0.05, 0.1) is 11.3 Å². The van der Waals surface area contributed by atoms with Gasteiger partial charge in [-0.2, -0.15) is 0 Å². The predicted molar refractivity (Wildman–Crippen MR) is 124 cm³/mol. The van der Waals surface area contributed by atoms with Gasteiger partial charge in [-0.3, -0.25) is 10.1 Å². The average molecular weight is 462 g/mol. The fraction of sp³-hybridized carbons (Fsp3) is 0.192. The first-order valence-electron chi connectivity index (χ1n) is 10.8. The number of fused-ring (bicyclic) bond motifs is 3. The van der Waals surface area contributed by atoms with Crippen LogP contribution < -0.4 is 10.6 Å². The molecular weight excluding hydrogens is 439 g/mol. The Labute approximate surface area is 195 Å². The molecule has 1 aliphatic rings. The first-order chi connectivity index (χ1) is 16.4. The van der Waals surface area contributed by atoms with E-state index in [-0.39, 0.29) is 30.2 Å². The van der Waals surface area contributed by atoms with Gasteiger partial charge in [-0.25, -0.2) is 14.0 Å². The van der Waals surface area contributed by atoms with Crippen molar-refractivity contribution in [1.29, 1.82) is 0 Å². The van der Waals surface area contributed by atoms with E-state index < -0.39 is 29.8 Å². The lowest BCUT2D eigenvalue weighted by Crippen LogP contribution is -2.40. The molecule has 2 amide bonds. The number of carbonyl (C=O) groups excluding carboxylic acids is 2. The molecule has 1 atom stereocenters. The zero-order chi connectivity index (χ0) is 24.2. The second-order valence-electron chi connectivity index (χ2n) is 7.89. The van der Waals surface area contributed by atoms with E-state index in [9.17, 15) is 18.8 Å². The zero-order valence-electron chi connectivity index (χ0n) is 18.4. The molecule has 0 unspecified atom stereocenters. The van der Waals surface area contributed by atoms with E-state index >= 15 is 0 Å². The molecule has 0 saturated carbocycles. The molecule has 3 N–H and O–H groups in total. The number of aliphatic carboxylic acids is 1. The van der Waals surface area contributed by atoms with Gasteiger partial charge in [0.2, 0.25) is 0 Å². The van der Waals surface area contributed by atoms with Crippen molar-refractivity contribution in [3.63, 3.8) is 0 Å². The number of hydrogen-bond acceptors (Lipinski definition) is 4. The van der Waals surface area contributed by atoms with Gasteiger partial charge in [-0.1, -0.05) is 61.5 Å². The Morgan fingerprint density at radius 3 is 2.18 bits per heavy atom. The summed E-state index contributed by atoms with van der Waals surface area (Å²) in [5.41, 5.74) is 3.65. The van der Waals surface area contributed by atoms with Crippen LogP contribution >= 0.6 is 0 Å². The smallest absolute Gasteiger partial charge is 0.411 e. The minimum atomic E-state index is -1.22. The van der Waals surface area contributed by atoms with Crippen LogP contribution in [0.5, 0.6) is 0 Å². The van der Waals surface area contributed by atoms with Crippen LogP contribution in [0.4, 0.5) is 14.9 Å². The number of rotatable bonds is 7. The van der Waals surface area contributed by atoms with Crippen molar-refractivity contribution in [2.75, 3.05) is 11.9 Å². The molecule has 7 nitrogen and oxygen atoms in total. The molecule has 174 valence electrons. The van der Waals surface area contributed by atoms with E-state index in [0.717, 1.165) is 22.3 Å². The van der Waals surface area contributed by atoms with Crippen LogP contribution in [0, 0.1) is 5.82 Å². The van der Waals surface area contributed by atoms with Crippen LogP contribution in [0.3, 0.4) is 0 Å². The molecule has 0 saturated heterocycles. The van der Waals surface area contributed by atoms with Crippen LogP contribution in [-0.2, 0) is 9.53 Å². The van der Waals surface area contributed by atoms with E-state index in [1.165, 1.54) is 18.2 Å². The number of hydrogen-bond donors (Lipinski definition) is 3. The maximum Gasteiger partial charge on any atom is 0.411 e. The highest BCUT2D eigenvalue weighted by Crippen LogP contribution is 2.44. The second-order valence-corrected chi connectivity index (χ2v) is 7.89. The minimum Gasteiger partial charge on any atom is -0.480 e. The summed E-state index contributed by atoms with van der Waals surface area (Å²) in [5.74, 6) is -3.23. The van der Waals surface area contributed by atoms with Crippen LogP contribution in [0.15, 0.2) is 66.7 Å². The van der Waals surface area contributed by atoms with E-state index in [1.807, 2.05) is 48.5 Å². The summed E-state index contributed by atoms with van der Waals surface area (Å²) in [6, 6.07) is 18.5. The van der Waals surface area contributed by atoms with Gasteiger partial charge < -0.3 is 15.2 Å². The van der Waals surface area contributed by atoms with Crippen molar-refractivity contribution in [1.82, 2.24) is 5.32 Å². The Kier molecular flexibility index (Phi) is 6.58. The van der Waals surface area contributed by atoms with Crippen LogP contribution in [0.2, 0.25) is 0 Å². The van der Waals surface area contributed by atoms with Gasteiger partial charge in [0.1, 0.15) is 12.6 Å². The molecule has 4 rings (SSSR count). The average Bonchev–Trinajstić information content (AvgIpc) is 3.16. The van der Waals surface area contributed by atoms with Crippen LogP contribution in [-0.4, -0.2) is 35.7 Å². The van der Waals surface area contributed by atoms with Crippen LogP contribution in [0.25, 0.3) is 11.1 Å². The molecule has 0 aliphatic heterocycles. The van der Waals surface area contributed by atoms with Gasteiger partial charge in [0.15, 0.2) is 5.82 Å². The molecular formula is C26H23FN2O5. The van der Waals surface area contributed by atoms with Gasteiger partial charge in [-0.15, -0.1) is 0 Å². The lowest BCUT2D eigenvalue weighted by atomic mass is 9.98. The highest BCUT2D eigenvalue weighted by atomic mass is 19.1. The molecule has 0 spiro atoms. The number of benzene rings is 3. The third kappa shape index (κ3) is 4.47. The third-order valence-electron chi connectivity index (χ3n) is 5.84. The highest BCUT2D eigenvalue weighted by Gasteiger charge is 2.29. The van der Waals surface area contributed by atoms with Gasteiger partial charge in [0.25, 0.3) is 5.91 Å². The summed E-state index contributed by atoms with van der Waals surface area (Å²) in [4.78, 5) is 36.0. The molecule has 0 bridgehead atoms. The molecule has 8 heteroatoms. The minimum absolute atomic E-state index is 0.0540. The molecule has 1 aliphatic carbocycles. The monoisotopic (exact) mass is 462 g/mol. The Balaban J connectivity index is 1.45. The van der Waals surface area contributed by atoms with Gasteiger partial charge in [-0.05, 0) is 40.8 Å². The number of carboxylic acids is 1. The number of ether oxygens (including phenoxy) is 1. The number of carboxylic acid groups (broad SMARTS) is 1. The van der Waals surface area contributed by atoms with Gasteiger partial charge >= 0.3 is 12.1 Å². The molecule has 3 aromatic rings. The largest absolute Gasteiger partial charge is 0.480 e. The molecule has 34 heavy (non-hydrogen) atoms. The predicted octanol–water partition coefficient (Wildman–Crippen LogP) is 4.78. The highest BCUT2D eigenvalue weighted by molar-refractivity contribution is 5.98. The summed E-state index contributed by atoms with van der Waals surface area (Å²) in [5, 5.41) is 13.7. The van der Waals surface area contributed by atoms with Crippen molar-refractivity contribution in [3.8, 4) is 11.1 Å². The molecule has 0 aromatic heterocycles. The van der Waals surface area contributed by atoms with Crippen molar-refractivity contribution in [2.24, 2.45) is 0 Å². The topological polar surface area (TPSA) is 105 Å². The Hall–Kier alpha value is -4.20. The number of anilines is 1. The van der Waals surface area contributed by atoms with Gasteiger partial charge in [0, 0.05) is 5.92 Å². The van der Waals surface area contributed by atoms with Crippen molar-refractivity contribution in [2.45, 2.75) is 25.3 Å². The fourth-order valence-electron chi connectivity index (χ4n) is 4.12. The van der Waals surface area contributed by atoms with E-state index in [1.54, 1.807) is 6.92 Å². The summed E-state index contributed by atoms with van der Waals surface area (Å²) in [6.07, 6.45) is -0.726. The summed E-state index contributed by atoms with van der Waals surface area (Å²) < 4.78 is 20.3. The third-order valence-corrected chi connectivity index (χ3v) is 5.84. The Morgan fingerprint density at radius 2 is 1.59 bits per heavy atom. The SMILES string of the molecule is CC[C@H](NC(=O)c1cccc(NC(=O)OCC2c3ccccc3-c3ccccc32)c1F)C(=O)O. The second kappa shape index (κ2) is 9.74. The number of carbonyl (C=O) groups is 3. The maximum atomic E-state index is 14.9. The number of halogens is 1. The van der Waals surface area contributed by atoms with E-state index in [0.29, 0.717) is 0 Å². The summed E-state index contributed by atoms with van der Waals surface area (Å²) >= 11 is 0. The first kappa shape index (κ1) is 23.0. The quantitative estimate of drug-likeness (QED) is 0.469. The zero-order valence-corrected chi connectivity index (χ0v) is 18.4. The Morgan fingerprint density at radius 1 is 0.971 bits per heavy atom. The molecule has 3 aromatic carbocycles. The van der Waals surface area contributed by atoms with E-state index in [2.05, 4.69) is 10.6 Å². The van der Waals surface area contributed by atoms with Crippen molar-refractivity contribution >= 4 is 23.7 Å². The standard InChI is InChI=1S/C26H23FN2O5/c1-2-21(25(31)32)28-24(30)19-12-7-13-22(23(19)27)29-26(33)34-14-20-17-10-5-3-8-15(17)16-9-4-6-11-18(16)20/h3-13,20-21H,2,14H2,1H3,(H,28,30)(H,29,33)(H,31,32)/t21-/m0/s1. The lowest BCUT2D eigenvalue weighted by Gasteiger charge is -2.16. The first-order valence-corrected chi connectivity index (χ1v) is 10.8. The maximum absolute atomic E-state index is 14.9. The van der Waals surface area contributed by atoms with E-state index in [4.69, 9.17) is 9.84 Å².